The predicted molar refractivity (Wildman–Crippen MR) is 102 cm³/mol. The molecule has 0 aromatic carbocycles. The van der Waals surface area contributed by atoms with Crippen LogP contribution < -0.4 is 0 Å². The molecule has 4 rings (SSSR count). The van der Waals surface area contributed by atoms with E-state index in [4.69, 9.17) is 9.84 Å². The molecule has 152 valence electrons. The van der Waals surface area contributed by atoms with Crippen molar-refractivity contribution in [1.82, 2.24) is 4.90 Å². The molecular weight excluding hydrogens is 342 g/mol. The average Bonchev–Trinajstić information content (AvgIpc) is 2.95. The van der Waals surface area contributed by atoms with Crippen LogP contribution in [0.2, 0.25) is 0 Å². The number of fused-ring (bicyclic) bond motifs is 5. The molecule has 27 heavy (non-hydrogen) atoms. The smallest absolute Gasteiger partial charge is 0.329 e. The standard InChI is InChI=1S/C22H35NO4/c1-21-10-8-17-15(16(21)6-4-14(21)12-27-13-20(25)26)5-7-18-22(17,2)11-9-19(24)23(18)3/h14-18H,4-13H2,1-3H3,(H,25,26)/t14?,15-,16-,17-,18+,21+,22+/m0/s1. The predicted octanol–water partition coefficient (Wildman–Crippen LogP) is 3.57. The minimum atomic E-state index is -0.874. The van der Waals surface area contributed by atoms with Crippen molar-refractivity contribution in [1.29, 1.82) is 0 Å². The molecule has 1 N–H and O–H groups in total. The molecule has 5 nitrogen and oxygen atoms in total. The third-order valence-electron chi connectivity index (χ3n) is 9.30. The minimum Gasteiger partial charge on any atom is -0.480 e. The third-order valence-corrected chi connectivity index (χ3v) is 9.30. The summed E-state index contributed by atoms with van der Waals surface area (Å²) >= 11 is 0. The number of hydrogen-bond acceptors (Lipinski definition) is 3. The number of hydrogen-bond donors (Lipinski definition) is 1. The van der Waals surface area contributed by atoms with E-state index in [1.807, 2.05) is 7.05 Å². The molecule has 1 unspecified atom stereocenters. The Labute approximate surface area is 162 Å². The first-order valence-electron chi connectivity index (χ1n) is 10.8. The maximum absolute atomic E-state index is 12.2. The van der Waals surface area contributed by atoms with Crippen molar-refractivity contribution in [2.75, 3.05) is 20.3 Å². The second-order valence-corrected chi connectivity index (χ2v) is 10.2. The quantitative estimate of drug-likeness (QED) is 0.813. The molecule has 5 heteroatoms. The van der Waals surface area contributed by atoms with E-state index < -0.39 is 5.97 Å². The van der Waals surface area contributed by atoms with E-state index in [0.29, 0.717) is 36.3 Å². The monoisotopic (exact) mass is 377 g/mol. The fourth-order valence-electron chi connectivity index (χ4n) is 7.82. The SMILES string of the molecule is CN1C(=O)CC[C@]2(C)[C@H]3CC[C@]4(C)C(COCC(=O)O)CC[C@H]4[C@@H]3CC[C@@H]12. The fourth-order valence-corrected chi connectivity index (χ4v) is 7.82. The van der Waals surface area contributed by atoms with Crippen LogP contribution in [0.15, 0.2) is 0 Å². The largest absolute Gasteiger partial charge is 0.480 e. The maximum Gasteiger partial charge on any atom is 0.329 e. The first-order chi connectivity index (χ1) is 12.8. The Morgan fingerprint density at radius 2 is 1.85 bits per heavy atom. The zero-order valence-corrected chi connectivity index (χ0v) is 17.1. The molecule has 1 heterocycles. The molecule has 1 amide bonds. The van der Waals surface area contributed by atoms with Gasteiger partial charge in [-0.25, -0.2) is 4.79 Å². The summed E-state index contributed by atoms with van der Waals surface area (Å²) in [5.74, 6) is 2.16. The third kappa shape index (κ3) is 2.92. The van der Waals surface area contributed by atoms with Gasteiger partial charge in [0.15, 0.2) is 0 Å². The van der Waals surface area contributed by atoms with Gasteiger partial charge in [0.25, 0.3) is 0 Å². The summed E-state index contributed by atoms with van der Waals surface area (Å²) in [5, 5.41) is 8.86. The van der Waals surface area contributed by atoms with E-state index in [2.05, 4.69) is 18.7 Å². The molecule has 0 spiro atoms. The van der Waals surface area contributed by atoms with Crippen LogP contribution in [0.25, 0.3) is 0 Å². The van der Waals surface area contributed by atoms with Crippen LogP contribution in [-0.4, -0.2) is 48.2 Å². The second-order valence-electron chi connectivity index (χ2n) is 10.2. The average molecular weight is 378 g/mol. The van der Waals surface area contributed by atoms with E-state index in [1.54, 1.807) is 0 Å². The zero-order valence-electron chi connectivity index (χ0n) is 17.1. The van der Waals surface area contributed by atoms with Gasteiger partial charge in [-0.3, -0.25) is 4.79 Å². The summed E-state index contributed by atoms with van der Waals surface area (Å²) in [6.45, 7) is 5.32. The van der Waals surface area contributed by atoms with E-state index in [1.165, 1.54) is 32.1 Å². The van der Waals surface area contributed by atoms with Crippen LogP contribution in [0, 0.1) is 34.5 Å². The van der Waals surface area contributed by atoms with E-state index in [-0.39, 0.29) is 12.0 Å². The van der Waals surface area contributed by atoms with Crippen molar-refractivity contribution in [3.05, 3.63) is 0 Å². The van der Waals surface area contributed by atoms with Crippen molar-refractivity contribution in [2.24, 2.45) is 34.5 Å². The lowest BCUT2D eigenvalue weighted by atomic mass is 9.47. The summed E-state index contributed by atoms with van der Waals surface area (Å²) < 4.78 is 5.52. The molecule has 7 atom stereocenters. The van der Waals surface area contributed by atoms with Gasteiger partial charge >= 0.3 is 5.97 Å². The molecular formula is C22H35NO4. The van der Waals surface area contributed by atoms with Crippen molar-refractivity contribution in [3.63, 3.8) is 0 Å². The number of carbonyl (C=O) groups excluding carboxylic acids is 1. The fraction of sp³-hybridized carbons (Fsp3) is 0.909. The lowest BCUT2D eigenvalue weighted by Gasteiger charge is -2.61. The van der Waals surface area contributed by atoms with Gasteiger partial charge in [-0.1, -0.05) is 13.8 Å². The van der Waals surface area contributed by atoms with Gasteiger partial charge in [-0.15, -0.1) is 0 Å². The number of carbonyl (C=O) groups is 2. The van der Waals surface area contributed by atoms with E-state index >= 15 is 0 Å². The van der Waals surface area contributed by atoms with Gasteiger partial charge in [0, 0.05) is 19.5 Å². The first kappa shape index (κ1) is 19.2. The van der Waals surface area contributed by atoms with Crippen LogP contribution in [0.3, 0.4) is 0 Å². The number of rotatable bonds is 4. The van der Waals surface area contributed by atoms with E-state index in [0.717, 1.165) is 30.6 Å². The number of ether oxygens (including phenoxy) is 1. The Bertz CT molecular complexity index is 621. The first-order valence-corrected chi connectivity index (χ1v) is 10.8. The Morgan fingerprint density at radius 1 is 1.11 bits per heavy atom. The molecule has 4 fully saturated rings. The van der Waals surface area contributed by atoms with Gasteiger partial charge in [-0.2, -0.15) is 0 Å². The number of carboxylic acids is 1. The summed E-state index contributed by atoms with van der Waals surface area (Å²) in [5.41, 5.74) is 0.560. The number of carboxylic acid groups (broad SMARTS) is 1. The van der Waals surface area contributed by atoms with Crippen molar-refractivity contribution in [2.45, 2.75) is 71.3 Å². The maximum atomic E-state index is 12.2. The molecule has 0 radical (unpaired) electrons. The normalized spacial score (nSPS) is 46.6. The Kier molecular flexibility index (Phi) is 4.81. The van der Waals surface area contributed by atoms with Crippen LogP contribution in [-0.2, 0) is 14.3 Å². The van der Waals surface area contributed by atoms with Gasteiger partial charge < -0.3 is 14.7 Å². The van der Waals surface area contributed by atoms with Crippen LogP contribution >= 0.6 is 0 Å². The molecule has 3 saturated carbocycles. The molecule has 3 aliphatic carbocycles. The van der Waals surface area contributed by atoms with Crippen LogP contribution in [0.1, 0.15) is 65.2 Å². The molecule has 0 aromatic rings. The Hall–Kier alpha value is -1.10. The highest BCUT2D eigenvalue weighted by Gasteiger charge is 2.61. The van der Waals surface area contributed by atoms with Gasteiger partial charge in [0.05, 0.1) is 6.61 Å². The van der Waals surface area contributed by atoms with Crippen molar-refractivity contribution in [3.8, 4) is 0 Å². The minimum absolute atomic E-state index is 0.177. The highest BCUT2D eigenvalue weighted by Crippen LogP contribution is 2.66. The zero-order chi connectivity index (χ0) is 19.4. The molecule has 4 aliphatic rings. The van der Waals surface area contributed by atoms with Crippen molar-refractivity contribution >= 4 is 11.9 Å². The van der Waals surface area contributed by atoms with Gasteiger partial charge in [0.2, 0.25) is 5.91 Å². The van der Waals surface area contributed by atoms with Gasteiger partial charge in [0.1, 0.15) is 6.61 Å². The lowest BCUT2D eigenvalue weighted by Crippen LogP contribution is -2.61. The highest BCUT2D eigenvalue weighted by atomic mass is 16.5. The van der Waals surface area contributed by atoms with E-state index in [9.17, 15) is 9.59 Å². The summed E-state index contributed by atoms with van der Waals surface area (Å²) in [7, 11) is 2.02. The number of aliphatic carboxylic acids is 1. The van der Waals surface area contributed by atoms with Crippen molar-refractivity contribution < 1.29 is 19.4 Å². The lowest BCUT2D eigenvalue weighted by molar-refractivity contribution is -0.159. The highest BCUT2D eigenvalue weighted by molar-refractivity contribution is 5.77. The summed E-state index contributed by atoms with van der Waals surface area (Å²) in [6.07, 6.45) is 9.05. The molecule has 0 bridgehead atoms. The van der Waals surface area contributed by atoms with Gasteiger partial charge in [-0.05, 0) is 79.4 Å². The summed E-state index contributed by atoms with van der Waals surface area (Å²) in [4.78, 5) is 25.1. The number of amides is 1. The Morgan fingerprint density at radius 3 is 2.59 bits per heavy atom. The molecule has 1 saturated heterocycles. The number of likely N-dealkylation sites (tertiary alicyclic amines) is 1. The number of piperidine rings is 1. The molecule has 1 aliphatic heterocycles. The summed E-state index contributed by atoms with van der Waals surface area (Å²) in [6, 6.07) is 0.417. The molecule has 0 aromatic heterocycles. The second kappa shape index (κ2) is 6.75. The Balaban J connectivity index is 1.51. The topological polar surface area (TPSA) is 66.8 Å². The van der Waals surface area contributed by atoms with Crippen LogP contribution in [0.4, 0.5) is 0 Å². The van der Waals surface area contributed by atoms with Crippen LogP contribution in [0.5, 0.6) is 0 Å². The number of nitrogens with zero attached hydrogens (tertiary/aromatic N) is 1.